The summed E-state index contributed by atoms with van der Waals surface area (Å²) in [5.74, 6) is 0.500. The molecule has 0 atom stereocenters. The summed E-state index contributed by atoms with van der Waals surface area (Å²) in [5, 5.41) is 17.8. The van der Waals surface area contributed by atoms with Crippen LogP contribution < -0.4 is 10.2 Å². The summed E-state index contributed by atoms with van der Waals surface area (Å²) >= 11 is 0. The molecule has 0 unspecified atom stereocenters. The third kappa shape index (κ3) is 4.29. The lowest BCUT2D eigenvalue weighted by Gasteiger charge is -2.06. The maximum absolute atomic E-state index is 8.89. The lowest BCUT2D eigenvalue weighted by molar-refractivity contribution is 0.110. The van der Waals surface area contributed by atoms with E-state index in [2.05, 4.69) is 4.98 Å². The van der Waals surface area contributed by atoms with Crippen LogP contribution in [-0.4, -0.2) is 42.0 Å². The zero-order valence-corrected chi connectivity index (χ0v) is 8.59. The van der Waals surface area contributed by atoms with Crippen molar-refractivity contribution in [1.82, 2.24) is 4.98 Å². The van der Waals surface area contributed by atoms with Crippen LogP contribution in [0.25, 0.3) is 0 Å². The van der Waals surface area contributed by atoms with Crippen LogP contribution in [0.15, 0.2) is 18.5 Å². The van der Waals surface area contributed by atoms with Gasteiger partial charge in [-0.05, 0) is 13.0 Å². The highest BCUT2D eigenvalue weighted by Crippen LogP contribution is 2.04. The van der Waals surface area contributed by atoms with Crippen molar-refractivity contribution in [1.29, 1.82) is 0 Å². The summed E-state index contributed by atoms with van der Waals surface area (Å²) in [7, 11) is -1.52. The lowest BCUT2D eigenvalue weighted by Crippen LogP contribution is -2.30. The van der Waals surface area contributed by atoms with Crippen molar-refractivity contribution in [2.45, 2.75) is 6.92 Å². The maximum Gasteiger partial charge on any atom is 0.490 e. The molecule has 1 aromatic rings. The van der Waals surface area contributed by atoms with E-state index in [4.69, 9.17) is 19.5 Å². The average Bonchev–Trinajstić information content (AvgIpc) is 2.25. The predicted molar refractivity (Wildman–Crippen MR) is 56.1 cm³/mol. The fourth-order valence-corrected chi connectivity index (χ4v) is 1.02. The van der Waals surface area contributed by atoms with Gasteiger partial charge in [0, 0.05) is 18.3 Å². The number of rotatable bonds is 6. The van der Waals surface area contributed by atoms with Crippen molar-refractivity contribution in [3.05, 3.63) is 18.5 Å². The summed E-state index contributed by atoms with van der Waals surface area (Å²) < 4.78 is 10.4. The van der Waals surface area contributed by atoms with Crippen LogP contribution >= 0.6 is 0 Å². The van der Waals surface area contributed by atoms with Gasteiger partial charge in [-0.15, -0.1) is 0 Å². The molecule has 82 valence electrons. The number of hydrogen-bond donors (Lipinski definition) is 2. The molecular weight excluding hydrogens is 197 g/mol. The van der Waals surface area contributed by atoms with E-state index >= 15 is 0 Å². The van der Waals surface area contributed by atoms with Crippen molar-refractivity contribution in [2.24, 2.45) is 0 Å². The molecule has 1 rings (SSSR count). The number of pyridine rings is 1. The summed E-state index contributed by atoms with van der Waals surface area (Å²) in [4.78, 5) is 3.82. The Morgan fingerprint density at radius 3 is 2.80 bits per heavy atom. The van der Waals surface area contributed by atoms with E-state index in [1.165, 1.54) is 18.5 Å². The number of hydrogen-bond acceptors (Lipinski definition) is 5. The van der Waals surface area contributed by atoms with Gasteiger partial charge >= 0.3 is 7.12 Å². The van der Waals surface area contributed by atoms with Crippen molar-refractivity contribution >= 4 is 12.6 Å². The highest BCUT2D eigenvalue weighted by molar-refractivity contribution is 6.58. The monoisotopic (exact) mass is 211 g/mol. The Morgan fingerprint density at radius 2 is 2.13 bits per heavy atom. The predicted octanol–water partition coefficient (Wildman–Crippen LogP) is -0.823. The van der Waals surface area contributed by atoms with Gasteiger partial charge in [-0.1, -0.05) is 0 Å². The first kappa shape index (κ1) is 12.0. The van der Waals surface area contributed by atoms with Crippen molar-refractivity contribution in [3.63, 3.8) is 0 Å². The Kier molecular flexibility index (Phi) is 5.10. The first-order chi connectivity index (χ1) is 7.24. The zero-order valence-electron chi connectivity index (χ0n) is 8.59. The molecule has 0 amide bonds. The van der Waals surface area contributed by atoms with E-state index < -0.39 is 7.12 Å². The molecule has 2 N–H and O–H groups in total. The summed E-state index contributed by atoms with van der Waals surface area (Å²) in [6.45, 7) is 3.48. The fraction of sp³-hybridized carbons (Fsp3) is 0.444. The van der Waals surface area contributed by atoms with Crippen LogP contribution in [-0.2, 0) is 4.74 Å². The summed E-state index contributed by atoms with van der Waals surface area (Å²) in [6, 6.07) is 1.53. The van der Waals surface area contributed by atoms with E-state index in [9.17, 15) is 0 Å². The van der Waals surface area contributed by atoms with Crippen molar-refractivity contribution in [3.8, 4) is 5.75 Å². The highest BCUT2D eigenvalue weighted by atomic mass is 16.5. The van der Waals surface area contributed by atoms with Gasteiger partial charge in [0.05, 0.1) is 12.8 Å². The smallest absolute Gasteiger partial charge is 0.490 e. The molecule has 1 aromatic heterocycles. The standard InChI is InChI=1S/C9H14BNO4/c1-2-14-3-4-15-9-5-8(10(12)13)6-11-7-9/h5-7,12-13H,2-4H2,1H3. The summed E-state index contributed by atoms with van der Waals surface area (Å²) in [5.41, 5.74) is 0.309. The third-order valence-electron chi connectivity index (χ3n) is 1.73. The van der Waals surface area contributed by atoms with Gasteiger partial charge < -0.3 is 19.5 Å². The molecule has 0 aliphatic heterocycles. The molecule has 0 aliphatic rings. The van der Waals surface area contributed by atoms with Gasteiger partial charge in [0.15, 0.2) is 0 Å². The van der Waals surface area contributed by atoms with Gasteiger partial charge in [-0.2, -0.15) is 0 Å². The SMILES string of the molecule is CCOCCOc1cncc(B(O)O)c1. The average molecular weight is 211 g/mol. The fourth-order valence-electron chi connectivity index (χ4n) is 1.02. The zero-order chi connectivity index (χ0) is 11.1. The molecule has 0 saturated carbocycles. The molecule has 0 radical (unpaired) electrons. The summed E-state index contributed by atoms with van der Waals surface area (Å²) in [6.07, 6.45) is 2.89. The second kappa shape index (κ2) is 6.39. The molecule has 0 bridgehead atoms. The van der Waals surface area contributed by atoms with Gasteiger partial charge in [-0.3, -0.25) is 4.98 Å². The number of aromatic nitrogens is 1. The Bertz CT molecular complexity index is 295. The minimum Gasteiger partial charge on any atom is -0.490 e. The molecule has 6 heteroatoms. The normalized spacial score (nSPS) is 10.1. The molecule has 1 heterocycles. The second-order valence-electron chi connectivity index (χ2n) is 2.87. The van der Waals surface area contributed by atoms with E-state index in [0.29, 0.717) is 31.0 Å². The molecule has 0 saturated heterocycles. The van der Waals surface area contributed by atoms with E-state index in [0.717, 1.165) is 0 Å². The first-order valence-corrected chi connectivity index (χ1v) is 4.75. The van der Waals surface area contributed by atoms with E-state index in [1.54, 1.807) is 0 Å². The highest BCUT2D eigenvalue weighted by Gasteiger charge is 2.11. The van der Waals surface area contributed by atoms with Crippen LogP contribution in [0.2, 0.25) is 0 Å². The second-order valence-corrected chi connectivity index (χ2v) is 2.87. The van der Waals surface area contributed by atoms with Crippen LogP contribution in [0.3, 0.4) is 0 Å². The van der Waals surface area contributed by atoms with Crippen LogP contribution in [0.1, 0.15) is 6.92 Å². The first-order valence-electron chi connectivity index (χ1n) is 4.75. The molecular formula is C9H14BNO4. The maximum atomic E-state index is 8.89. The Labute approximate surface area is 88.8 Å². The topological polar surface area (TPSA) is 71.8 Å². The van der Waals surface area contributed by atoms with E-state index in [-0.39, 0.29) is 0 Å². The largest absolute Gasteiger partial charge is 0.490 e. The number of nitrogens with zero attached hydrogens (tertiary/aromatic N) is 1. The molecule has 15 heavy (non-hydrogen) atoms. The Balaban J connectivity index is 2.43. The Hall–Kier alpha value is -1.11. The minimum absolute atomic E-state index is 0.309. The van der Waals surface area contributed by atoms with Gasteiger partial charge in [0.25, 0.3) is 0 Å². The molecule has 0 aliphatic carbocycles. The van der Waals surface area contributed by atoms with Crippen molar-refractivity contribution in [2.75, 3.05) is 19.8 Å². The van der Waals surface area contributed by atoms with Crippen molar-refractivity contribution < 1.29 is 19.5 Å². The van der Waals surface area contributed by atoms with Gasteiger partial charge in [0.2, 0.25) is 0 Å². The molecule has 0 aromatic carbocycles. The van der Waals surface area contributed by atoms with Gasteiger partial charge in [-0.25, -0.2) is 0 Å². The molecule has 0 fully saturated rings. The van der Waals surface area contributed by atoms with Gasteiger partial charge in [0.1, 0.15) is 12.4 Å². The van der Waals surface area contributed by atoms with Crippen LogP contribution in [0, 0.1) is 0 Å². The number of ether oxygens (including phenoxy) is 2. The Morgan fingerprint density at radius 1 is 1.33 bits per heavy atom. The van der Waals surface area contributed by atoms with Crippen LogP contribution in [0.4, 0.5) is 0 Å². The molecule has 0 spiro atoms. The minimum atomic E-state index is -1.52. The van der Waals surface area contributed by atoms with E-state index in [1.807, 2.05) is 6.92 Å². The molecule has 5 nitrogen and oxygen atoms in total. The third-order valence-corrected chi connectivity index (χ3v) is 1.73. The quantitative estimate of drug-likeness (QED) is 0.475. The lowest BCUT2D eigenvalue weighted by atomic mass is 9.82. The van der Waals surface area contributed by atoms with Crippen LogP contribution in [0.5, 0.6) is 5.75 Å².